The van der Waals surface area contributed by atoms with Crippen molar-refractivity contribution in [1.82, 2.24) is 9.80 Å². The number of fused-ring (bicyclic) bond motifs is 1. The second-order valence-corrected chi connectivity index (χ2v) is 12.1. The number of halogens is 3. The maximum Gasteiger partial charge on any atom is 0.573 e. The highest BCUT2D eigenvalue weighted by Crippen LogP contribution is 2.55. The van der Waals surface area contributed by atoms with E-state index in [1.165, 1.54) is 50.1 Å². The molecule has 3 atom stereocenters. The first kappa shape index (κ1) is 31.1. The molecule has 232 valence electrons. The fourth-order valence-electron chi connectivity index (χ4n) is 7.02. The van der Waals surface area contributed by atoms with Gasteiger partial charge in [0.05, 0.1) is 5.60 Å². The quantitative estimate of drug-likeness (QED) is 0.201. The molecule has 3 aliphatic rings. The van der Waals surface area contributed by atoms with E-state index < -0.39 is 17.4 Å². The Morgan fingerprint density at radius 3 is 2.51 bits per heavy atom. The first-order valence-corrected chi connectivity index (χ1v) is 14.8. The average Bonchev–Trinajstić information content (AvgIpc) is 3.78. The number of hydrogen-bond acceptors (Lipinski definition) is 6. The molecular formula is C33H39F3N2O5. The first-order valence-electron chi connectivity index (χ1n) is 14.8. The summed E-state index contributed by atoms with van der Waals surface area (Å²) in [7, 11) is 3.55. The summed E-state index contributed by atoms with van der Waals surface area (Å²) in [6, 6.07) is 13.1. The highest BCUT2D eigenvalue weighted by Gasteiger charge is 2.59. The van der Waals surface area contributed by atoms with Crippen molar-refractivity contribution < 1.29 is 37.0 Å². The molecule has 5 rings (SSSR count). The van der Waals surface area contributed by atoms with Gasteiger partial charge in [-0.25, -0.2) is 0 Å². The van der Waals surface area contributed by atoms with E-state index >= 15 is 0 Å². The highest BCUT2D eigenvalue weighted by atomic mass is 19.4. The summed E-state index contributed by atoms with van der Waals surface area (Å²) in [5.74, 6) is 0.259. The van der Waals surface area contributed by atoms with Crippen molar-refractivity contribution in [1.29, 1.82) is 0 Å². The lowest BCUT2D eigenvalue weighted by molar-refractivity contribution is -0.274. The number of methoxy groups -OCH3 is 1. The molecule has 0 radical (unpaired) electrons. The van der Waals surface area contributed by atoms with Crippen LogP contribution in [0.3, 0.4) is 0 Å². The molecule has 2 saturated carbocycles. The number of benzene rings is 2. The molecular weight excluding hydrogens is 561 g/mol. The van der Waals surface area contributed by atoms with E-state index in [0.29, 0.717) is 17.7 Å². The second-order valence-electron chi connectivity index (χ2n) is 12.1. The number of hydrogen-bond donors (Lipinski definition) is 0. The molecule has 10 heteroatoms. The monoisotopic (exact) mass is 600 g/mol. The van der Waals surface area contributed by atoms with Crippen molar-refractivity contribution in [3.8, 4) is 11.5 Å². The summed E-state index contributed by atoms with van der Waals surface area (Å²) in [5, 5.41) is 0. The lowest BCUT2D eigenvalue weighted by Crippen LogP contribution is -2.68. The molecule has 1 heterocycles. The van der Waals surface area contributed by atoms with E-state index in [9.17, 15) is 22.8 Å². The lowest BCUT2D eigenvalue weighted by atomic mass is 9.55. The standard InChI is InChI=1S/C33H39F3N2O5/c1-23(39)42-28-8-5-7-26(19-28)31-16-17-38(21-25-10-11-25)22-32(31,41-3)15-14-27(20-31)37(2)30(40)13-12-24-6-4-9-29(18-24)43-33(34,35)36/h4-9,12-13,18-19,25,27H,10-11,14-17,20-22H2,1-3H3/b13-12+. The van der Waals surface area contributed by atoms with Crippen LogP contribution in [0, 0.1) is 5.92 Å². The summed E-state index contributed by atoms with van der Waals surface area (Å²) in [6.07, 6.45) is 3.61. The molecule has 3 unspecified atom stereocenters. The number of likely N-dealkylation sites (N-methyl/N-ethyl adjacent to an activating group) is 1. The van der Waals surface area contributed by atoms with Crippen molar-refractivity contribution in [2.24, 2.45) is 5.92 Å². The summed E-state index contributed by atoms with van der Waals surface area (Å²) in [4.78, 5) is 29.4. The largest absolute Gasteiger partial charge is 0.573 e. The molecule has 7 nitrogen and oxygen atoms in total. The van der Waals surface area contributed by atoms with Gasteiger partial charge in [-0.2, -0.15) is 0 Å². The summed E-state index contributed by atoms with van der Waals surface area (Å²) >= 11 is 0. The second kappa shape index (κ2) is 12.3. The van der Waals surface area contributed by atoms with Gasteiger partial charge < -0.3 is 24.0 Å². The van der Waals surface area contributed by atoms with E-state index in [4.69, 9.17) is 9.47 Å². The van der Waals surface area contributed by atoms with E-state index in [-0.39, 0.29) is 23.7 Å². The molecule has 3 fully saturated rings. The number of rotatable bonds is 9. The number of carbonyl (C=O) groups excluding carboxylic acids is 2. The smallest absolute Gasteiger partial charge is 0.427 e. The Morgan fingerprint density at radius 1 is 1.07 bits per heavy atom. The Morgan fingerprint density at radius 2 is 1.81 bits per heavy atom. The zero-order chi connectivity index (χ0) is 30.8. The van der Waals surface area contributed by atoms with Gasteiger partial charge in [0.15, 0.2) is 0 Å². The Balaban J connectivity index is 1.39. The number of ether oxygens (including phenoxy) is 3. The van der Waals surface area contributed by atoms with Crippen molar-refractivity contribution in [2.75, 3.05) is 33.8 Å². The van der Waals surface area contributed by atoms with Crippen LogP contribution in [-0.4, -0.2) is 73.5 Å². The number of nitrogens with zero attached hydrogens (tertiary/aromatic N) is 2. The van der Waals surface area contributed by atoms with E-state index in [1.807, 2.05) is 12.1 Å². The van der Waals surface area contributed by atoms with Crippen molar-refractivity contribution in [3.05, 3.63) is 65.7 Å². The molecule has 2 aromatic rings. The van der Waals surface area contributed by atoms with Crippen LogP contribution < -0.4 is 9.47 Å². The molecule has 43 heavy (non-hydrogen) atoms. The van der Waals surface area contributed by atoms with Crippen molar-refractivity contribution in [2.45, 2.75) is 68.9 Å². The first-order chi connectivity index (χ1) is 20.4. The third-order valence-electron chi connectivity index (χ3n) is 9.33. The van der Waals surface area contributed by atoms with Crippen LogP contribution in [0.25, 0.3) is 6.08 Å². The number of esters is 1. The predicted molar refractivity (Wildman–Crippen MR) is 156 cm³/mol. The molecule has 2 aromatic carbocycles. The van der Waals surface area contributed by atoms with Gasteiger partial charge in [-0.1, -0.05) is 24.3 Å². The Hall–Kier alpha value is -3.37. The minimum Gasteiger partial charge on any atom is -0.427 e. The fourth-order valence-corrected chi connectivity index (χ4v) is 7.02. The summed E-state index contributed by atoms with van der Waals surface area (Å²) in [5.41, 5.74) is 0.543. The van der Waals surface area contributed by atoms with Crippen molar-refractivity contribution in [3.63, 3.8) is 0 Å². The molecule has 0 N–H and O–H groups in total. The van der Waals surface area contributed by atoms with Crippen LogP contribution in [0.4, 0.5) is 13.2 Å². The number of likely N-dealkylation sites (tertiary alicyclic amines) is 1. The van der Waals surface area contributed by atoms with Crippen LogP contribution in [0.2, 0.25) is 0 Å². The SMILES string of the molecule is COC12CCC(N(C)C(=O)/C=C/c3cccc(OC(F)(F)F)c3)CC1(c1cccc(OC(C)=O)c1)CCN(CC1CC1)C2. The van der Waals surface area contributed by atoms with E-state index in [0.717, 1.165) is 50.4 Å². The normalized spacial score (nSPS) is 26.1. The molecule has 0 bridgehead atoms. The maximum atomic E-state index is 13.4. The van der Waals surface area contributed by atoms with Gasteiger partial charge in [0.1, 0.15) is 11.5 Å². The van der Waals surface area contributed by atoms with E-state index in [1.54, 1.807) is 31.2 Å². The van der Waals surface area contributed by atoms with Crippen LogP contribution in [0.15, 0.2) is 54.6 Å². The summed E-state index contributed by atoms with van der Waals surface area (Å²) < 4.78 is 53.9. The minimum absolute atomic E-state index is 0.104. The van der Waals surface area contributed by atoms with Gasteiger partial charge in [0.2, 0.25) is 5.91 Å². The number of alkyl halides is 3. The lowest BCUT2D eigenvalue weighted by Gasteiger charge is -2.60. The van der Waals surface area contributed by atoms with Gasteiger partial charge in [0, 0.05) is 51.7 Å². The molecule has 1 aliphatic heterocycles. The fraction of sp³-hybridized carbons (Fsp3) is 0.515. The zero-order valence-corrected chi connectivity index (χ0v) is 24.9. The average molecular weight is 601 g/mol. The van der Waals surface area contributed by atoms with Crippen LogP contribution in [0.1, 0.15) is 56.6 Å². The number of carbonyl (C=O) groups is 2. The van der Waals surface area contributed by atoms with Gasteiger partial charge in [0.25, 0.3) is 0 Å². The van der Waals surface area contributed by atoms with Gasteiger partial charge in [-0.3, -0.25) is 9.59 Å². The van der Waals surface area contributed by atoms with E-state index in [2.05, 4.69) is 15.7 Å². The number of amides is 1. The Labute approximate surface area is 250 Å². The molecule has 2 aliphatic carbocycles. The molecule has 1 saturated heterocycles. The third kappa shape index (κ3) is 7.07. The molecule has 0 spiro atoms. The summed E-state index contributed by atoms with van der Waals surface area (Å²) in [6.45, 7) is 4.14. The maximum absolute atomic E-state index is 13.4. The Kier molecular flexibility index (Phi) is 8.90. The Bertz CT molecular complexity index is 1360. The zero-order valence-electron chi connectivity index (χ0n) is 24.9. The van der Waals surface area contributed by atoms with Crippen molar-refractivity contribution >= 4 is 18.0 Å². The minimum atomic E-state index is -4.79. The number of piperidine rings is 1. The van der Waals surface area contributed by atoms with Gasteiger partial charge in [-0.05, 0) is 92.5 Å². The highest BCUT2D eigenvalue weighted by molar-refractivity contribution is 5.91. The third-order valence-corrected chi connectivity index (χ3v) is 9.33. The topological polar surface area (TPSA) is 68.3 Å². The van der Waals surface area contributed by atoms with Crippen LogP contribution in [0.5, 0.6) is 11.5 Å². The van der Waals surface area contributed by atoms with Gasteiger partial charge >= 0.3 is 12.3 Å². The van der Waals surface area contributed by atoms with Gasteiger partial charge in [-0.15, -0.1) is 13.2 Å². The molecule has 1 amide bonds. The van der Waals surface area contributed by atoms with Crippen LogP contribution in [-0.2, 0) is 19.7 Å². The molecule has 0 aromatic heterocycles. The van der Waals surface area contributed by atoms with Crippen LogP contribution >= 0.6 is 0 Å². The predicted octanol–water partition coefficient (Wildman–Crippen LogP) is 5.97.